The van der Waals surface area contributed by atoms with Crippen molar-refractivity contribution >= 4 is 17.2 Å². The first-order chi connectivity index (χ1) is 9.70. The maximum absolute atomic E-state index is 12.0. The molecule has 0 atom stereocenters. The normalized spacial score (nSPS) is 9.70. The van der Waals surface area contributed by atoms with E-state index in [2.05, 4.69) is 22.1 Å². The molecule has 0 aliphatic rings. The molecule has 1 amide bonds. The fraction of sp³-hybridized carbons (Fsp3) is 0.200. The van der Waals surface area contributed by atoms with E-state index in [1.54, 1.807) is 5.51 Å². The zero-order chi connectivity index (χ0) is 14.4. The van der Waals surface area contributed by atoms with Gasteiger partial charge in [0.25, 0.3) is 5.91 Å². The maximum Gasteiger partial charge on any atom is 0.263 e. The third-order valence-electron chi connectivity index (χ3n) is 2.64. The van der Waals surface area contributed by atoms with Gasteiger partial charge >= 0.3 is 0 Å². The Morgan fingerprint density at radius 1 is 1.50 bits per heavy atom. The van der Waals surface area contributed by atoms with Crippen LogP contribution in [0.25, 0.3) is 0 Å². The molecule has 20 heavy (non-hydrogen) atoms. The summed E-state index contributed by atoms with van der Waals surface area (Å²) in [5.74, 6) is 5.32. The molecular formula is C15H14N2O2S. The highest BCUT2D eigenvalue weighted by molar-refractivity contribution is 7.11. The molecule has 2 aromatic rings. The Morgan fingerprint density at radius 3 is 3.05 bits per heavy atom. The summed E-state index contributed by atoms with van der Waals surface area (Å²) >= 11 is 1.33. The van der Waals surface area contributed by atoms with Gasteiger partial charge in [-0.2, -0.15) is 0 Å². The summed E-state index contributed by atoms with van der Waals surface area (Å²) in [6.07, 6.45) is 0. The van der Waals surface area contributed by atoms with Crippen molar-refractivity contribution in [2.75, 3.05) is 6.61 Å². The lowest BCUT2D eigenvalue weighted by atomic mass is 10.1. The van der Waals surface area contributed by atoms with Gasteiger partial charge in [0.2, 0.25) is 0 Å². The second kappa shape index (κ2) is 6.85. The van der Waals surface area contributed by atoms with Crippen LogP contribution in [-0.4, -0.2) is 22.6 Å². The number of benzene rings is 1. The lowest BCUT2D eigenvalue weighted by molar-refractivity contribution is 0.0954. The summed E-state index contributed by atoms with van der Waals surface area (Å²) in [6, 6.07) is 7.55. The number of hydrogen-bond donors (Lipinski definition) is 2. The Balaban J connectivity index is 2.01. The number of aromatic nitrogens is 1. The number of aliphatic hydroxyl groups excluding tert-OH is 1. The average molecular weight is 286 g/mol. The summed E-state index contributed by atoms with van der Waals surface area (Å²) in [7, 11) is 0. The fourth-order valence-corrected chi connectivity index (χ4v) is 2.40. The maximum atomic E-state index is 12.0. The lowest BCUT2D eigenvalue weighted by Gasteiger charge is -2.04. The highest BCUT2D eigenvalue weighted by atomic mass is 32.1. The van der Waals surface area contributed by atoms with Crippen molar-refractivity contribution in [3.05, 3.63) is 51.5 Å². The van der Waals surface area contributed by atoms with E-state index in [1.807, 2.05) is 31.2 Å². The summed E-state index contributed by atoms with van der Waals surface area (Å²) in [5.41, 5.74) is 4.19. The van der Waals surface area contributed by atoms with E-state index in [9.17, 15) is 4.79 Å². The smallest absolute Gasteiger partial charge is 0.263 e. The number of carbonyl (C=O) groups is 1. The van der Waals surface area contributed by atoms with Crippen LogP contribution in [0.5, 0.6) is 0 Å². The van der Waals surface area contributed by atoms with Crippen LogP contribution in [0.2, 0.25) is 0 Å². The molecule has 2 rings (SSSR count). The lowest BCUT2D eigenvalue weighted by Crippen LogP contribution is -2.22. The van der Waals surface area contributed by atoms with Crippen molar-refractivity contribution in [1.82, 2.24) is 10.3 Å². The van der Waals surface area contributed by atoms with Gasteiger partial charge in [-0.05, 0) is 24.6 Å². The quantitative estimate of drug-likeness (QED) is 0.845. The Hall–Kier alpha value is -2.16. The van der Waals surface area contributed by atoms with Crippen LogP contribution in [0, 0.1) is 18.8 Å². The van der Waals surface area contributed by atoms with Gasteiger partial charge in [0.05, 0.1) is 11.2 Å². The third kappa shape index (κ3) is 3.67. The first-order valence-corrected chi connectivity index (χ1v) is 6.95. The predicted molar refractivity (Wildman–Crippen MR) is 78.4 cm³/mol. The van der Waals surface area contributed by atoms with E-state index in [0.717, 1.165) is 16.8 Å². The molecule has 0 saturated carbocycles. The summed E-state index contributed by atoms with van der Waals surface area (Å²) < 4.78 is 0. The molecule has 0 aliphatic carbocycles. The van der Waals surface area contributed by atoms with Gasteiger partial charge in [0.15, 0.2) is 0 Å². The minimum atomic E-state index is -0.161. The molecule has 0 aliphatic heterocycles. The first kappa shape index (κ1) is 14.3. The van der Waals surface area contributed by atoms with Crippen molar-refractivity contribution < 1.29 is 9.90 Å². The Bertz CT molecular complexity index is 668. The first-order valence-electron chi connectivity index (χ1n) is 6.07. The van der Waals surface area contributed by atoms with Crippen LogP contribution in [0.15, 0.2) is 29.8 Å². The fourth-order valence-electron chi connectivity index (χ4n) is 1.68. The molecule has 2 N–H and O–H groups in total. The van der Waals surface area contributed by atoms with Gasteiger partial charge in [0.1, 0.15) is 11.5 Å². The number of rotatable bonds is 3. The van der Waals surface area contributed by atoms with E-state index in [4.69, 9.17) is 5.11 Å². The van der Waals surface area contributed by atoms with Crippen molar-refractivity contribution in [2.45, 2.75) is 13.5 Å². The molecule has 102 valence electrons. The third-order valence-corrected chi connectivity index (χ3v) is 3.57. The van der Waals surface area contributed by atoms with Crippen LogP contribution in [0.3, 0.4) is 0 Å². The summed E-state index contributed by atoms with van der Waals surface area (Å²) in [5, 5.41) is 11.5. The monoisotopic (exact) mass is 286 g/mol. The van der Waals surface area contributed by atoms with Crippen LogP contribution in [0.4, 0.5) is 0 Å². The highest BCUT2D eigenvalue weighted by Crippen LogP contribution is 2.12. The highest BCUT2D eigenvalue weighted by Gasteiger charge is 2.10. The van der Waals surface area contributed by atoms with Crippen LogP contribution >= 0.6 is 11.3 Å². The number of aryl methyl sites for hydroxylation is 1. The van der Waals surface area contributed by atoms with E-state index in [1.165, 1.54) is 11.3 Å². The number of nitrogens with zero attached hydrogens (tertiary/aromatic N) is 1. The molecule has 1 heterocycles. The Morgan fingerprint density at radius 2 is 2.35 bits per heavy atom. The predicted octanol–water partition coefficient (Wildman–Crippen LogP) is 1.73. The zero-order valence-electron chi connectivity index (χ0n) is 11.0. The van der Waals surface area contributed by atoms with Crippen LogP contribution in [-0.2, 0) is 6.54 Å². The molecule has 5 heteroatoms. The molecular weight excluding hydrogens is 272 g/mol. The summed E-state index contributed by atoms with van der Waals surface area (Å²) in [6.45, 7) is 2.09. The van der Waals surface area contributed by atoms with E-state index >= 15 is 0 Å². The molecule has 0 fully saturated rings. The van der Waals surface area contributed by atoms with Gasteiger partial charge in [0, 0.05) is 12.1 Å². The van der Waals surface area contributed by atoms with Crippen molar-refractivity contribution in [3.8, 4) is 11.8 Å². The molecule has 0 unspecified atom stereocenters. The van der Waals surface area contributed by atoms with Gasteiger partial charge in [-0.3, -0.25) is 4.79 Å². The van der Waals surface area contributed by atoms with Crippen LogP contribution in [0.1, 0.15) is 26.5 Å². The molecule has 4 nitrogen and oxygen atoms in total. The van der Waals surface area contributed by atoms with E-state index in [0.29, 0.717) is 11.4 Å². The SMILES string of the molecule is Cc1ncsc1C(=O)NCc1cccc(C#CCO)c1. The van der Waals surface area contributed by atoms with Gasteiger partial charge in [-0.15, -0.1) is 11.3 Å². The molecule has 1 aromatic carbocycles. The number of nitrogens with one attached hydrogen (secondary N) is 1. The molecule has 0 saturated heterocycles. The average Bonchev–Trinajstić information content (AvgIpc) is 2.89. The number of hydrogen-bond acceptors (Lipinski definition) is 4. The van der Waals surface area contributed by atoms with Gasteiger partial charge in [-0.25, -0.2) is 4.98 Å². The van der Waals surface area contributed by atoms with Gasteiger partial charge < -0.3 is 10.4 Å². The Kier molecular flexibility index (Phi) is 4.88. The van der Waals surface area contributed by atoms with Gasteiger partial charge in [-0.1, -0.05) is 24.0 Å². The zero-order valence-corrected chi connectivity index (χ0v) is 11.8. The molecule has 0 spiro atoms. The molecule has 0 bridgehead atoms. The van der Waals surface area contributed by atoms with E-state index in [-0.39, 0.29) is 12.5 Å². The van der Waals surface area contributed by atoms with Crippen molar-refractivity contribution in [1.29, 1.82) is 0 Å². The van der Waals surface area contributed by atoms with Crippen molar-refractivity contribution in [2.24, 2.45) is 0 Å². The Labute approximate surface area is 121 Å². The second-order valence-corrected chi connectivity index (χ2v) is 4.96. The number of amides is 1. The topological polar surface area (TPSA) is 62.2 Å². The standard InChI is InChI=1S/C15H14N2O2S/c1-11-14(20-10-17-11)15(19)16-9-13-5-2-4-12(8-13)6-3-7-18/h2,4-5,8,10,18H,7,9H2,1H3,(H,16,19). The minimum Gasteiger partial charge on any atom is -0.384 e. The number of thiazole rings is 1. The number of aliphatic hydroxyl groups is 1. The van der Waals surface area contributed by atoms with Crippen LogP contribution < -0.4 is 5.32 Å². The molecule has 1 aromatic heterocycles. The largest absolute Gasteiger partial charge is 0.384 e. The summed E-state index contributed by atoms with van der Waals surface area (Å²) in [4.78, 5) is 16.7. The number of carbonyl (C=O) groups excluding carboxylic acids is 1. The van der Waals surface area contributed by atoms with E-state index < -0.39 is 0 Å². The molecule has 0 radical (unpaired) electrons. The second-order valence-electron chi connectivity index (χ2n) is 4.11. The minimum absolute atomic E-state index is 0.114. The van der Waals surface area contributed by atoms with Crippen molar-refractivity contribution in [3.63, 3.8) is 0 Å².